The fourth-order valence-corrected chi connectivity index (χ4v) is 1.55. The van der Waals surface area contributed by atoms with Crippen molar-refractivity contribution in [2.75, 3.05) is 19.7 Å². The summed E-state index contributed by atoms with van der Waals surface area (Å²) in [5.41, 5.74) is -0.0924. The Labute approximate surface area is 98.8 Å². The van der Waals surface area contributed by atoms with Crippen LogP contribution in [0.4, 0.5) is 0 Å². The summed E-state index contributed by atoms with van der Waals surface area (Å²) in [6.45, 7) is 4.44. The highest BCUT2D eigenvalue weighted by Gasteiger charge is 2.20. The molecular formula is C11H15NO5. The predicted octanol–water partition coefficient (Wildman–Crippen LogP) is 0.183. The number of carboxylic acid groups (broad SMARTS) is 1. The molecular weight excluding hydrogens is 226 g/mol. The van der Waals surface area contributed by atoms with Crippen molar-refractivity contribution in [2.24, 2.45) is 0 Å². The van der Waals surface area contributed by atoms with E-state index in [1.165, 1.54) is 0 Å². The van der Waals surface area contributed by atoms with Crippen LogP contribution in [-0.4, -0.2) is 47.5 Å². The summed E-state index contributed by atoms with van der Waals surface area (Å²) in [6.07, 6.45) is 0.944. The Bertz CT molecular complexity index is 350. The molecule has 1 heterocycles. The van der Waals surface area contributed by atoms with E-state index in [1.807, 2.05) is 0 Å². The smallest absolute Gasteiger partial charge is 0.334 e. The summed E-state index contributed by atoms with van der Waals surface area (Å²) in [6, 6.07) is 0. The first-order valence-electron chi connectivity index (χ1n) is 5.35. The van der Waals surface area contributed by atoms with E-state index in [0.717, 1.165) is 6.42 Å². The van der Waals surface area contributed by atoms with Gasteiger partial charge in [-0.1, -0.05) is 6.58 Å². The fraction of sp³-hybridized carbons (Fsp3) is 0.545. The zero-order valence-electron chi connectivity index (χ0n) is 9.48. The molecule has 0 aromatic carbocycles. The van der Waals surface area contributed by atoms with Crippen LogP contribution in [0.1, 0.15) is 19.3 Å². The highest BCUT2D eigenvalue weighted by atomic mass is 16.5. The van der Waals surface area contributed by atoms with Crippen molar-refractivity contribution in [3.05, 3.63) is 12.2 Å². The monoisotopic (exact) mass is 241 g/mol. The Morgan fingerprint density at radius 3 is 2.71 bits per heavy atom. The summed E-state index contributed by atoms with van der Waals surface area (Å²) in [5.74, 6) is -1.79. The van der Waals surface area contributed by atoms with Gasteiger partial charge in [-0.2, -0.15) is 0 Å². The van der Waals surface area contributed by atoms with Gasteiger partial charge in [0.05, 0.1) is 13.0 Å². The molecule has 6 nitrogen and oxygen atoms in total. The molecule has 0 spiro atoms. The number of aliphatic carboxylic acids is 1. The average molecular weight is 241 g/mol. The van der Waals surface area contributed by atoms with Crippen LogP contribution in [-0.2, 0) is 19.1 Å². The molecule has 17 heavy (non-hydrogen) atoms. The number of likely N-dealkylation sites (tertiary alicyclic amines) is 1. The largest absolute Gasteiger partial charge is 0.481 e. The van der Waals surface area contributed by atoms with E-state index >= 15 is 0 Å². The van der Waals surface area contributed by atoms with Crippen molar-refractivity contribution >= 4 is 17.8 Å². The Morgan fingerprint density at radius 2 is 2.18 bits per heavy atom. The standard InChI is InChI=1S/C11H15NO5/c1-8(7-10(14)15)11(16)17-6-5-12-4-2-3-9(12)13/h1-7H2,(H,14,15). The van der Waals surface area contributed by atoms with Crippen molar-refractivity contribution in [1.82, 2.24) is 4.90 Å². The predicted molar refractivity (Wildman–Crippen MR) is 58.2 cm³/mol. The fourth-order valence-electron chi connectivity index (χ4n) is 1.55. The van der Waals surface area contributed by atoms with Crippen LogP contribution >= 0.6 is 0 Å². The number of carboxylic acids is 1. The van der Waals surface area contributed by atoms with Gasteiger partial charge >= 0.3 is 11.9 Å². The maximum absolute atomic E-state index is 11.2. The minimum absolute atomic E-state index is 0.0606. The molecule has 0 atom stereocenters. The van der Waals surface area contributed by atoms with Crippen LogP contribution < -0.4 is 0 Å². The van der Waals surface area contributed by atoms with Gasteiger partial charge in [0.15, 0.2) is 0 Å². The molecule has 0 radical (unpaired) electrons. The van der Waals surface area contributed by atoms with Gasteiger partial charge in [-0.05, 0) is 6.42 Å². The number of nitrogens with zero attached hydrogens (tertiary/aromatic N) is 1. The van der Waals surface area contributed by atoms with Gasteiger partial charge in [0.2, 0.25) is 5.91 Å². The van der Waals surface area contributed by atoms with Gasteiger partial charge in [0.25, 0.3) is 0 Å². The number of amides is 1. The molecule has 1 amide bonds. The number of carbonyl (C=O) groups is 3. The van der Waals surface area contributed by atoms with Crippen molar-refractivity contribution in [3.8, 4) is 0 Å². The van der Waals surface area contributed by atoms with Crippen LogP contribution in [0, 0.1) is 0 Å². The lowest BCUT2D eigenvalue weighted by Crippen LogP contribution is -2.29. The van der Waals surface area contributed by atoms with E-state index in [1.54, 1.807) is 4.90 Å². The number of ether oxygens (including phenoxy) is 1. The Kier molecular flexibility index (Phi) is 4.68. The van der Waals surface area contributed by atoms with Gasteiger partial charge in [-0.3, -0.25) is 9.59 Å². The Morgan fingerprint density at radius 1 is 1.47 bits per heavy atom. The van der Waals surface area contributed by atoms with Crippen LogP contribution in [0.25, 0.3) is 0 Å². The van der Waals surface area contributed by atoms with Gasteiger partial charge in [0.1, 0.15) is 6.61 Å². The quantitative estimate of drug-likeness (QED) is 0.530. The van der Waals surface area contributed by atoms with Crippen molar-refractivity contribution in [2.45, 2.75) is 19.3 Å². The van der Waals surface area contributed by atoms with Crippen LogP contribution in [0.2, 0.25) is 0 Å². The third kappa shape index (κ3) is 4.26. The van der Waals surface area contributed by atoms with Gasteiger partial charge in [-0.25, -0.2) is 4.79 Å². The van der Waals surface area contributed by atoms with E-state index < -0.39 is 18.4 Å². The highest BCUT2D eigenvalue weighted by molar-refractivity contribution is 5.92. The summed E-state index contributed by atoms with van der Waals surface area (Å²) in [7, 11) is 0. The first-order valence-corrected chi connectivity index (χ1v) is 5.35. The summed E-state index contributed by atoms with van der Waals surface area (Å²) >= 11 is 0. The van der Waals surface area contributed by atoms with Crippen molar-refractivity contribution in [3.63, 3.8) is 0 Å². The lowest BCUT2D eigenvalue weighted by Gasteiger charge is -2.15. The maximum atomic E-state index is 11.2. The molecule has 1 rings (SSSR count). The normalized spacial score (nSPS) is 14.8. The lowest BCUT2D eigenvalue weighted by atomic mass is 10.2. The van der Waals surface area contributed by atoms with Crippen molar-refractivity contribution in [1.29, 1.82) is 0 Å². The van der Waals surface area contributed by atoms with Crippen LogP contribution in [0.15, 0.2) is 12.2 Å². The van der Waals surface area contributed by atoms with Gasteiger partial charge in [-0.15, -0.1) is 0 Å². The van der Waals surface area contributed by atoms with Gasteiger partial charge < -0.3 is 14.7 Å². The molecule has 0 unspecified atom stereocenters. The second kappa shape index (κ2) is 6.03. The van der Waals surface area contributed by atoms with E-state index in [9.17, 15) is 14.4 Å². The molecule has 1 aliphatic rings. The minimum Gasteiger partial charge on any atom is -0.481 e. The van der Waals surface area contributed by atoms with E-state index in [0.29, 0.717) is 19.5 Å². The SMILES string of the molecule is C=C(CC(=O)O)C(=O)OCCN1CCCC1=O. The molecule has 0 bridgehead atoms. The number of rotatable bonds is 6. The molecule has 0 aliphatic carbocycles. The van der Waals surface area contributed by atoms with E-state index in [4.69, 9.17) is 9.84 Å². The molecule has 0 aromatic rings. The molecule has 1 aliphatic heterocycles. The van der Waals surface area contributed by atoms with Gasteiger partial charge in [0, 0.05) is 18.5 Å². The molecule has 6 heteroatoms. The third-order valence-electron chi connectivity index (χ3n) is 2.42. The molecule has 94 valence electrons. The summed E-state index contributed by atoms with van der Waals surface area (Å²) in [4.78, 5) is 34.4. The van der Waals surface area contributed by atoms with E-state index in [-0.39, 0.29) is 18.1 Å². The number of hydrogen-bond acceptors (Lipinski definition) is 4. The van der Waals surface area contributed by atoms with E-state index in [2.05, 4.69) is 6.58 Å². The highest BCUT2D eigenvalue weighted by Crippen LogP contribution is 2.09. The molecule has 1 fully saturated rings. The third-order valence-corrected chi connectivity index (χ3v) is 2.42. The Balaban J connectivity index is 2.22. The number of esters is 1. The first-order chi connectivity index (χ1) is 8.00. The molecule has 0 saturated carbocycles. The minimum atomic E-state index is -1.12. The van der Waals surface area contributed by atoms with Crippen LogP contribution in [0.5, 0.6) is 0 Å². The topological polar surface area (TPSA) is 83.9 Å². The molecule has 1 saturated heterocycles. The summed E-state index contributed by atoms with van der Waals surface area (Å²) in [5, 5.41) is 8.44. The van der Waals surface area contributed by atoms with Crippen LogP contribution in [0.3, 0.4) is 0 Å². The average Bonchev–Trinajstić information content (AvgIpc) is 2.63. The number of hydrogen-bond donors (Lipinski definition) is 1. The first kappa shape index (κ1) is 13.2. The maximum Gasteiger partial charge on any atom is 0.334 e. The number of carbonyl (C=O) groups excluding carboxylic acids is 2. The zero-order chi connectivity index (χ0) is 12.8. The second-order valence-electron chi connectivity index (χ2n) is 3.79. The molecule has 0 aromatic heterocycles. The Hall–Kier alpha value is -1.85. The second-order valence-corrected chi connectivity index (χ2v) is 3.79. The lowest BCUT2D eigenvalue weighted by molar-refractivity contribution is -0.143. The van der Waals surface area contributed by atoms with Crippen molar-refractivity contribution < 1.29 is 24.2 Å². The molecule has 1 N–H and O–H groups in total. The summed E-state index contributed by atoms with van der Waals surface area (Å²) < 4.78 is 4.82. The zero-order valence-corrected chi connectivity index (χ0v) is 9.48.